The third-order valence-corrected chi connectivity index (χ3v) is 3.41. The van der Waals surface area contributed by atoms with Gasteiger partial charge in [0.2, 0.25) is 0 Å². The first kappa shape index (κ1) is 19.0. The molecule has 1 N–H and O–H groups in total. The summed E-state index contributed by atoms with van der Waals surface area (Å²) in [5.74, 6) is -1.74. The Labute approximate surface area is 138 Å². The van der Waals surface area contributed by atoms with Crippen molar-refractivity contribution in [1.29, 1.82) is 0 Å². The quantitative estimate of drug-likeness (QED) is 0.895. The average molecular weight is 321 g/mol. The molecule has 1 rings (SSSR count). The van der Waals surface area contributed by atoms with Gasteiger partial charge in [0.25, 0.3) is 0 Å². The number of carbonyl (C=O) groups is 2. The van der Waals surface area contributed by atoms with E-state index in [0.717, 1.165) is 5.56 Å². The summed E-state index contributed by atoms with van der Waals surface area (Å²) >= 11 is 0. The lowest BCUT2D eigenvalue weighted by Crippen LogP contribution is -2.44. The van der Waals surface area contributed by atoms with E-state index < -0.39 is 23.6 Å². The third-order valence-electron chi connectivity index (χ3n) is 3.41. The van der Waals surface area contributed by atoms with E-state index in [1.54, 1.807) is 32.9 Å². The van der Waals surface area contributed by atoms with Crippen LogP contribution < -0.4 is 0 Å². The molecule has 1 aromatic rings. The molecular formula is C18H27NO4. The Morgan fingerprint density at radius 2 is 1.70 bits per heavy atom. The predicted octanol–water partition coefficient (Wildman–Crippen LogP) is 3.81. The van der Waals surface area contributed by atoms with Gasteiger partial charge in [-0.2, -0.15) is 0 Å². The second-order valence-corrected chi connectivity index (χ2v) is 7.03. The van der Waals surface area contributed by atoms with Gasteiger partial charge in [0.15, 0.2) is 0 Å². The number of aryl methyl sites for hydroxylation is 1. The maximum absolute atomic E-state index is 12.4. The standard InChI is InChI=1S/C18H27NO4/c1-12(2)19(17(22)23-18(4,5)6)11-15(16(20)21)14-9-7-13(3)8-10-14/h7-10,12,15H,11H2,1-6H3,(H,20,21). The molecule has 0 saturated heterocycles. The highest BCUT2D eigenvalue weighted by atomic mass is 16.6. The first-order chi connectivity index (χ1) is 10.5. The number of nitrogens with zero attached hydrogens (tertiary/aromatic N) is 1. The van der Waals surface area contributed by atoms with Gasteiger partial charge in [-0.3, -0.25) is 4.79 Å². The summed E-state index contributed by atoms with van der Waals surface area (Å²) in [6.07, 6.45) is -0.495. The fourth-order valence-electron chi connectivity index (χ4n) is 2.14. The van der Waals surface area contributed by atoms with Crippen LogP contribution in [0.5, 0.6) is 0 Å². The topological polar surface area (TPSA) is 66.8 Å². The Kier molecular flexibility index (Phi) is 6.19. The Bertz CT molecular complexity index is 543. The maximum Gasteiger partial charge on any atom is 0.410 e. The first-order valence-corrected chi connectivity index (χ1v) is 7.80. The fourth-order valence-corrected chi connectivity index (χ4v) is 2.14. The number of rotatable bonds is 5. The van der Waals surface area contributed by atoms with Crippen molar-refractivity contribution in [1.82, 2.24) is 4.90 Å². The molecule has 0 aromatic heterocycles. The molecule has 0 aliphatic rings. The van der Waals surface area contributed by atoms with Crippen molar-refractivity contribution < 1.29 is 19.4 Å². The van der Waals surface area contributed by atoms with Crippen LogP contribution >= 0.6 is 0 Å². The fraction of sp³-hybridized carbons (Fsp3) is 0.556. The summed E-state index contributed by atoms with van der Waals surface area (Å²) in [5.41, 5.74) is 1.12. The molecule has 1 unspecified atom stereocenters. The van der Waals surface area contributed by atoms with Gasteiger partial charge in [-0.25, -0.2) is 4.79 Å². The van der Waals surface area contributed by atoms with E-state index in [-0.39, 0.29) is 12.6 Å². The highest BCUT2D eigenvalue weighted by Gasteiger charge is 2.30. The lowest BCUT2D eigenvalue weighted by Gasteiger charge is -2.32. The first-order valence-electron chi connectivity index (χ1n) is 7.80. The average Bonchev–Trinajstić information content (AvgIpc) is 2.38. The minimum Gasteiger partial charge on any atom is -0.481 e. The molecule has 0 bridgehead atoms. The molecule has 5 heteroatoms. The van der Waals surface area contributed by atoms with Gasteiger partial charge in [0.1, 0.15) is 5.60 Å². The Morgan fingerprint density at radius 1 is 1.17 bits per heavy atom. The summed E-state index contributed by atoms with van der Waals surface area (Å²) < 4.78 is 5.39. The largest absolute Gasteiger partial charge is 0.481 e. The molecule has 5 nitrogen and oxygen atoms in total. The second-order valence-electron chi connectivity index (χ2n) is 7.03. The van der Waals surface area contributed by atoms with Gasteiger partial charge in [-0.05, 0) is 47.1 Å². The van der Waals surface area contributed by atoms with Crippen LogP contribution in [0.3, 0.4) is 0 Å². The summed E-state index contributed by atoms with van der Waals surface area (Å²) in [7, 11) is 0. The van der Waals surface area contributed by atoms with Crippen molar-refractivity contribution in [3.8, 4) is 0 Å². The van der Waals surface area contributed by atoms with Gasteiger partial charge >= 0.3 is 12.1 Å². The third kappa shape index (κ3) is 5.93. The molecular weight excluding hydrogens is 294 g/mol. The molecule has 1 amide bonds. The molecule has 0 fully saturated rings. The van der Waals surface area contributed by atoms with Crippen LogP contribution in [0.4, 0.5) is 4.79 Å². The van der Waals surface area contributed by atoms with Crippen LogP contribution in [0.15, 0.2) is 24.3 Å². The number of benzene rings is 1. The zero-order valence-corrected chi connectivity index (χ0v) is 14.8. The summed E-state index contributed by atoms with van der Waals surface area (Å²) in [6.45, 7) is 11.1. The molecule has 1 atom stereocenters. The number of carboxylic acids is 1. The molecule has 0 aliphatic heterocycles. The van der Waals surface area contributed by atoms with E-state index in [4.69, 9.17) is 4.74 Å². The number of carboxylic acid groups (broad SMARTS) is 1. The van der Waals surface area contributed by atoms with E-state index in [1.807, 2.05) is 32.9 Å². The molecule has 0 heterocycles. The number of hydrogen-bond acceptors (Lipinski definition) is 3. The molecule has 23 heavy (non-hydrogen) atoms. The van der Waals surface area contributed by atoms with Gasteiger partial charge in [-0.15, -0.1) is 0 Å². The molecule has 1 aromatic carbocycles. The summed E-state index contributed by atoms with van der Waals surface area (Å²) in [4.78, 5) is 25.5. The smallest absolute Gasteiger partial charge is 0.410 e. The van der Waals surface area contributed by atoms with Crippen LogP contribution in [-0.4, -0.2) is 40.3 Å². The SMILES string of the molecule is Cc1ccc(C(CN(C(=O)OC(C)(C)C)C(C)C)C(=O)O)cc1. The second kappa shape index (κ2) is 7.49. The zero-order chi connectivity index (χ0) is 17.8. The van der Waals surface area contributed by atoms with Crippen LogP contribution in [-0.2, 0) is 9.53 Å². The molecule has 0 saturated carbocycles. The molecule has 128 valence electrons. The minimum atomic E-state index is -0.955. The number of carbonyl (C=O) groups excluding carboxylic acids is 1. The lowest BCUT2D eigenvalue weighted by molar-refractivity contribution is -0.139. The van der Waals surface area contributed by atoms with Crippen molar-refractivity contribution in [3.63, 3.8) is 0 Å². The van der Waals surface area contributed by atoms with Crippen LogP contribution in [0, 0.1) is 6.92 Å². The van der Waals surface area contributed by atoms with Crippen LogP contribution in [0.1, 0.15) is 51.7 Å². The Hall–Kier alpha value is -2.04. The van der Waals surface area contributed by atoms with Crippen molar-refractivity contribution in [2.24, 2.45) is 0 Å². The number of hydrogen-bond donors (Lipinski definition) is 1. The van der Waals surface area contributed by atoms with E-state index in [9.17, 15) is 14.7 Å². The maximum atomic E-state index is 12.4. The van der Waals surface area contributed by atoms with E-state index in [1.165, 1.54) is 4.90 Å². The van der Waals surface area contributed by atoms with Crippen molar-refractivity contribution >= 4 is 12.1 Å². The summed E-state index contributed by atoms with van der Waals surface area (Å²) in [6, 6.07) is 7.18. The molecule has 0 aliphatic carbocycles. The predicted molar refractivity (Wildman–Crippen MR) is 89.6 cm³/mol. The number of ether oxygens (including phenoxy) is 1. The van der Waals surface area contributed by atoms with Gasteiger partial charge in [0, 0.05) is 12.6 Å². The summed E-state index contributed by atoms with van der Waals surface area (Å²) in [5, 5.41) is 9.56. The highest BCUT2D eigenvalue weighted by Crippen LogP contribution is 2.21. The van der Waals surface area contributed by atoms with Crippen molar-refractivity contribution in [3.05, 3.63) is 35.4 Å². The highest BCUT2D eigenvalue weighted by molar-refractivity contribution is 5.78. The number of aliphatic carboxylic acids is 1. The Morgan fingerprint density at radius 3 is 2.09 bits per heavy atom. The van der Waals surface area contributed by atoms with Crippen molar-refractivity contribution in [2.45, 2.75) is 59.1 Å². The van der Waals surface area contributed by atoms with Crippen LogP contribution in [0.25, 0.3) is 0 Å². The van der Waals surface area contributed by atoms with E-state index in [0.29, 0.717) is 5.56 Å². The minimum absolute atomic E-state index is 0.0744. The van der Waals surface area contributed by atoms with E-state index >= 15 is 0 Å². The van der Waals surface area contributed by atoms with Gasteiger partial charge in [0.05, 0.1) is 5.92 Å². The zero-order valence-electron chi connectivity index (χ0n) is 14.8. The van der Waals surface area contributed by atoms with Crippen molar-refractivity contribution in [2.75, 3.05) is 6.54 Å². The number of amides is 1. The van der Waals surface area contributed by atoms with Crippen LogP contribution in [0.2, 0.25) is 0 Å². The lowest BCUT2D eigenvalue weighted by atomic mass is 9.97. The normalized spacial score (nSPS) is 12.8. The molecule has 0 radical (unpaired) electrons. The van der Waals surface area contributed by atoms with Gasteiger partial charge < -0.3 is 14.7 Å². The van der Waals surface area contributed by atoms with E-state index in [2.05, 4.69) is 0 Å². The van der Waals surface area contributed by atoms with Gasteiger partial charge in [-0.1, -0.05) is 29.8 Å². The monoisotopic (exact) mass is 321 g/mol. The molecule has 0 spiro atoms. The Balaban J connectivity index is 3.00.